The summed E-state index contributed by atoms with van der Waals surface area (Å²) >= 11 is 0. The minimum atomic E-state index is -0.989. The van der Waals surface area contributed by atoms with Crippen molar-refractivity contribution in [3.05, 3.63) is 0 Å². The summed E-state index contributed by atoms with van der Waals surface area (Å²) in [5, 5.41) is 20.6. The monoisotopic (exact) mass is 287 g/mol. The van der Waals surface area contributed by atoms with Crippen molar-refractivity contribution in [2.45, 2.75) is 32.2 Å². The summed E-state index contributed by atoms with van der Waals surface area (Å²) in [5.74, 6) is -0.989. The number of nitrogens with one attached hydrogen (secondary N) is 1. The normalized spacial score (nSPS) is 18.4. The van der Waals surface area contributed by atoms with Crippen LogP contribution in [0.1, 0.15) is 26.2 Å². The quantitative estimate of drug-likeness (QED) is 0.637. The van der Waals surface area contributed by atoms with E-state index in [1.54, 1.807) is 4.90 Å². The van der Waals surface area contributed by atoms with E-state index >= 15 is 0 Å². The van der Waals surface area contributed by atoms with Gasteiger partial charge in [0.15, 0.2) is 0 Å². The van der Waals surface area contributed by atoms with Gasteiger partial charge in [-0.05, 0) is 19.4 Å². The third kappa shape index (κ3) is 5.34. The van der Waals surface area contributed by atoms with Crippen LogP contribution in [0.15, 0.2) is 0 Å². The second kappa shape index (κ2) is 8.76. The largest absolute Gasteiger partial charge is 0.480 e. The number of aliphatic carboxylic acids is 1. The molecule has 7 heteroatoms. The SMILES string of the molecule is CCC[C@@H](NC(=O)N1CCCN(CCO)CC1)C(=O)O. The topological polar surface area (TPSA) is 93.1 Å². The molecule has 20 heavy (non-hydrogen) atoms. The number of amides is 2. The molecule has 1 aliphatic rings. The zero-order chi connectivity index (χ0) is 15.0. The van der Waals surface area contributed by atoms with E-state index in [1.807, 2.05) is 6.92 Å². The first-order chi connectivity index (χ1) is 9.58. The van der Waals surface area contributed by atoms with E-state index in [0.717, 1.165) is 13.0 Å². The molecule has 1 saturated heterocycles. The molecule has 2 amide bonds. The van der Waals surface area contributed by atoms with Crippen molar-refractivity contribution in [2.24, 2.45) is 0 Å². The van der Waals surface area contributed by atoms with Gasteiger partial charge in [-0.1, -0.05) is 13.3 Å². The standard InChI is InChI=1S/C13H25N3O4/c1-2-4-11(12(18)19)14-13(20)16-6-3-5-15(7-8-16)9-10-17/h11,17H,2-10H2,1H3,(H,14,20)(H,18,19)/t11-/m1/s1. The van der Waals surface area contributed by atoms with Crippen molar-refractivity contribution < 1.29 is 19.8 Å². The summed E-state index contributed by atoms with van der Waals surface area (Å²) < 4.78 is 0. The van der Waals surface area contributed by atoms with E-state index in [1.165, 1.54) is 0 Å². The van der Waals surface area contributed by atoms with Gasteiger partial charge in [-0.2, -0.15) is 0 Å². The smallest absolute Gasteiger partial charge is 0.326 e. The molecule has 7 nitrogen and oxygen atoms in total. The van der Waals surface area contributed by atoms with Crippen molar-refractivity contribution in [3.8, 4) is 0 Å². The average Bonchev–Trinajstić information content (AvgIpc) is 2.64. The molecule has 0 bridgehead atoms. The molecule has 0 aromatic heterocycles. The van der Waals surface area contributed by atoms with Gasteiger partial charge in [0.25, 0.3) is 0 Å². The highest BCUT2D eigenvalue weighted by Gasteiger charge is 2.24. The van der Waals surface area contributed by atoms with Gasteiger partial charge in [0, 0.05) is 26.2 Å². The molecule has 0 unspecified atom stereocenters. The molecule has 0 spiro atoms. The fourth-order valence-corrected chi connectivity index (χ4v) is 2.33. The fraction of sp³-hybridized carbons (Fsp3) is 0.846. The minimum Gasteiger partial charge on any atom is -0.480 e. The Morgan fingerprint density at radius 2 is 2.00 bits per heavy atom. The van der Waals surface area contributed by atoms with Gasteiger partial charge in [0.1, 0.15) is 6.04 Å². The summed E-state index contributed by atoms with van der Waals surface area (Å²) in [5.41, 5.74) is 0. The summed E-state index contributed by atoms with van der Waals surface area (Å²) in [4.78, 5) is 26.9. The van der Waals surface area contributed by atoms with Gasteiger partial charge in [0.05, 0.1) is 6.61 Å². The molecule has 1 fully saturated rings. The van der Waals surface area contributed by atoms with Crippen molar-refractivity contribution in [1.82, 2.24) is 15.1 Å². The van der Waals surface area contributed by atoms with E-state index in [2.05, 4.69) is 10.2 Å². The van der Waals surface area contributed by atoms with Crippen molar-refractivity contribution in [3.63, 3.8) is 0 Å². The lowest BCUT2D eigenvalue weighted by Crippen LogP contribution is -2.48. The highest BCUT2D eigenvalue weighted by atomic mass is 16.4. The van der Waals surface area contributed by atoms with Crippen LogP contribution in [0.25, 0.3) is 0 Å². The Kier molecular flexibility index (Phi) is 7.32. The first-order valence-electron chi connectivity index (χ1n) is 7.20. The number of nitrogens with zero attached hydrogens (tertiary/aromatic N) is 2. The second-order valence-electron chi connectivity index (χ2n) is 5.03. The number of carboxylic acid groups (broad SMARTS) is 1. The van der Waals surface area contributed by atoms with Crippen LogP contribution in [-0.2, 0) is 4.79 Å². The van der Waals surface area contributed by atoms with Crippen molar-refractivity contribution >= 4 is 12.0 Å². The Bertz CT molecular complexity index is 325. The number of carbonyl (C=O) groups is 2. The molecule has 0 aromatic rings. The summed E-state index contributed by atoms with van der Waals surface area (Å²) in [6, 6.07) is -1.12. The lowest BCUT2D eigenvalue weighted by atomic mass is 10.2. The third-order valence-electron chi connectivity index (χ3n) is 3.47. The molecule has 1 aliphatic heterocycles. The van der Waals surface area contributed by atoms with E-state index < -0.39 is 12.0 Å². The van der Waals surface area contributed by atoms with Crippen molar-refractivity contribution in [2.75, 3.05) is 39.3 Å². The molecule has 0 aromatic carbocycles. The molecule has 0 saturated carbocycles. The van der Waals surface area contributed by atoms with Crippen LogP contribution < -0.4 is 5.32 Å². The van der Waals surface area contributed by atoms with Gasteiger partial charge in [-0.25, -0.2) is 9.59 Å². The zero-order valence-electron chi connectivity index (χ0n) is 12.0. The maximum atomic E-state index is 12.1. The van der Waals surface area contributed by atoms with Crippen LogP contribution in [0, 0.1) is 0 Å². The molecule has 3 N–H and O–H groups in total. The van der Waals surface area contributed by atoms with E-state index in [9.17, 15) is 9.59 Å². The van der Waals surface area contributed by atoms with E-state index in [0.29, 0.717) is 39.0 Å². The Hall–Kier alpha value is -1.34. The highest BCUT2D eigenvalue weighted by molar-refractivity contribution is 5.82. The van der Waals surface area contributed by atoms with Gasteiger partial charge < -0.3 is 20.4 Å². The van der Waals surface area contributed by atoms with Crippen LogP contribution >= 0.6 is 0 Å². The zero-order valence-corrected chi connectivity index (χ0v) is 12.0. The van der Waals surface area contributed by atoms with E-state index in [4.69, 9.17) is 10.2 Å². The number of urea groups is 1. The summed E-state index contributed by atoms with van der Waals surface area (Å²) in [6.45, 7) is 5.35. The Morgan fingerprint density at radius 1 is 1.25 bits per heavy atom. The van der Waals surface area contributed by atoms with Crippen molar-refractivity contribution in [1.29, 1.82) is 0 Å². The second-order valence-corrected chi connectivity index (χ2v) is 5.03. The first kappa shape index (κ1) is 16.7. The summed E-state index contributed by atoms with van der Waals surface area (Å²) in [6.07, 6.45) is 1.98. The van der Waals surface area contributed by atoms with E-state index in [-0.39, 0.29) is 12.6 Å². The molecule has 1 rings (SSSR count). The minimum absolute atomic E-state index is 0.115. The Morgan fingerprint density at radius 3 is 2.60 bits per heavy atom. The maximum absolute atomic E-state index is 12.1. The molecule has 1 atom stereocenters. The molecular weight excluding hydrogens is 262 g/mol. The third-order valence-corrected chi connectivity index (χ3v) is 3.47. The van der Waals surface area contributed by atoms with Crippen LogP contribution in [0.3, 0.4) is 0 Å². The number of rotatable bonds is 6. The predicted octanol–water partition coefficient (Wildman–Crippen LogP) is -0.0507. The lowest BCUT2D eigenvalue weighted by molar-refractivity contribution is -0.139. The van der Waals surface area contributed by atoms with Gasteiger partial charge >= 0.3 is 12.0 Å². The predicted molar refractivity (Wildman–Crippen MR) is 74.6 cm³/mol. The Balaban J connectivity index is 2.48. The Labute approximate surface area is 119 Å². The van der Waals surface area contributed by atoms with Crippen LogP contribution in [0.4, 0.5) is 4.79 Å². The van der Waals surface area contributed by atoms with Gasteiger partial charge in [0.2, 0.25) is 0 Å². The van der Waals surface area contributed by atoms with Crippen LogP contribution in [0.5, 0.6) is 0 Å². The number of hydrogen-bond acceptors (Lipinski definition) is 4. The lowest BCUT2D eigenvalue weighted by Gasteiger charge is -2.24. The average molecular weight is 287 g/mol. The number of β-amino-alcohol motifs (C(OH)–C–C–N with tert-alkyl or cyclic N) is 1. The molecule has 0 aliphatic carbocycles. The number of hydrogen-bond donors (Lipinski definition) is 3. The number of aliphatic hydroxyl groups is 1. The number of carboxylic acids is 1. The highest BCUT2D eigenvalue weighted by Crippen LogP contribution is 2.05. The molecular formula is C13H25N3O4. The number of carbonyl (C=O) groups excluding carboxylic acids is 1. The van der Waals surface area contributed by atoms with Crippen LogP contribution in [-0.4, -0.2) is 77.4 Å². The summed E-state index contributed by atoms with van der Waals surface area (Å²) in [7, 11) is 0. The first-order valence-corrected chi connectivity index (χ1v) is 7.20. The molecule has 116 valence electrons. The number of aliphatic hydroxyl groups excluding tert-OH is 1. The molecule has 1 heterocycles. The van der Waals surface area contributed by atoms with Crippen LogP contribution in [0.2, 0.25) is 0 Å². The van der Waals surface area contributed by atoms with Gasteiger partial charge in [-0.15, -0.1) is 0 Å². The maximum Gasteiger partial charge on any atom is 0.326 e. The van der Waals surface area contributed by atoms with Gasteiger partial charge in [-0.3, -0.25) is 4.90 Å². The molecule has 0 radical (unpaired) electrons. The fourth-order valence-electron chi connectivity index (χ4n) is 2.33.